The number of nitrogens with zero attached hydrogens (tertiary/aromatic N) is 2. The largest absolute Gasteiger partial charge is 0.493 e. The van der Waals surface area contributed by atoms with Crippen molar-refractivity contribution >= 4 is 11.8 Å². The van der Waals surface area contributed by atoms with Crippen molar-refractivity contribution in [3.8, 4) is 11.5 Å². The summed E-state index contributed by atoms with van der Waals surface area (Å²) in [5.74, 6) is 1.14. The Kier molecular flexibility index (Phi) is 7.11. The van der Waals surface area contributed by atoms with E-state index < -0.39 is 11.8 Å². The number of amides is 2. The third-order valence-corrected chi connectivity index (χ3v) is 5.26. The molecule has 8 nitrogen and oxygen atoms in total. The number of aromatic nitrogens is 2. The van der Waals surface area contributed by atoms with Gasteiger partial charge in [-0.2, -0.15) is 5.10 Å². The van der Waals surface area contributed by atoms with Gasteiger partial charge >= 0.3 is 0 Å². The molecule has 2 amide bonds. The van der Waals surface area contributed by atoms with E-state index in [-0.39, 0.29) is 5.54 Å². The van der Waals surface area contributed by atoms with Gasteiger partial charge in [-0.1, -0.05) is 13.8 Å². The minimum absolute atomic E-state index is 0.348. The minimum Gasteiger partial charge on any atom is -0.493 e. The van der Waals surface area contributed by atoms with Crippen molar-refractivity contribution in [2.45, 2.75) is 65.3 Å². The Morgan fingerprint density at radius 1 is 1.12 bits per heavy atom. The summed E-state index contributed by atoms with van der Waals surface area (Å²) in [6.45, 7) is 10.8. The van der Waals surface area contributed by atoms with Crippen LogP contribution in [0, 0.1) is 5.92 Å². The molecule has 32 heavy (non-hydrogen) atoms. The topological polar surface area (TPSA) is 94.5 Å². The summed E-state index contributed by atoms with van der Waals surface area (Å²) in [5, 5.41) is 4.63. The van der Waals surface area contributed by atoms with Crippen LogP contribution < -0.4 is 20.3 Å². The number of hydrazine groups is 1. The Morgan fingerprint density at radius 2 is 1.81 bits per heavy atom. The van der Waals surface area contributed by atoms with Gasteiger partial charge in [-0.3, -0.25) is 25.1 Å². The highest BCUT2D eigenvalue weighted by Crippen LogP contribution is 2.40. The first kappa shape index (κ1) is 23.6. The number of rotatable bonds is 8. The summed E-state index contributed by atoms with van der Waals surface area (Å²) in [5.41, 5.74) is 6.33. The molecule has 1 saturated carbocycles. The van der Waals surface area contributed by atoms with Crippen LogP contribution in [0.4, 0.5) is 0 Å². The fraction of sp³-hybridized carbons (Fsp3) is 0.542. The average molecular weight is 443 g/mol. The van der Waals surface area contributed by atoms with Gasteiger partial charge in [0.1, 0.15) is 5.69 Å². The maximum atomic E-state index is 12.8. The molecule has 1 aromatic heterocycles. The Labute approximate surface area is 189 Å². The lowest BCUT2D eigenvalue weighted by molar-refractivity contribution is 0.0836. The van der Waals surface area contributed by atoms with Crippen LogP contribution in [0.5, 0.6) is 11.5 Å². The molecule has 1 aromatic carbocycles. The number of carbonyl (C=O) groups excluding carboxylic acids is 2. The molecule has 0 radical (unpaired) electrons. The SMILES string of the molecule is COc1cc(C(=O)NNC(=O)c2cc(C3CC3)nn2C(C)(C)C)ccc1OCCC(C)C. The number of benzene rings is 1. The zero-order chi connectivity index (χ0) is 23.5. The monoisotopic (exact) mass is 442 g/mol. The first-order chi connectivity index (χ1) is 15.1. The molecule has 8 heteroatoms. The fourth-order valence-corrected chi connectivity index (χ4v) is 3.23. The number of hydrogen-bond donors (Lipinski definition) is 2. The average Bonchev–Trinajstić information content (AvgIpc) is 3.48. The second-order valence-corrected chi connectivity index (χ2v) is 9.62. The van der Waals surface area contributed by atoms with Crippen molar-refractivity contribution in [3.63, 3.8) is 0 Å². The molecule has 0 saturated heterocycles. The first-order valence-corrected chi connectivity index (χ1v) is 11.1. The van der Waals surface area contributed by atoms with Crippen LogP contribution in [0.1, 0.15) is 86.3 Å². The third-order valence-electron chi connectivity index (χ3n) is 5.26. The molecular weight excluding hydrogens is 408 g/mol. The molecule has 3 rings (SSSR count). The van der Waals surface area contributed by atoms with Crippen LogP contribution in [-0.4, -0.2) is 35.3 Å². The van der Waals surface area contributed by atoms with Gasteiger partial charge in [0.05, 0.1) is 24.9 Å². The molecule has 1 aliphatic rings. The van der Waals surface area contributed by atoms with Crippen molar-refractivity contribution in [1.82, 2.24) is 20.6 Å². The van der Waals surface area contributed by atoms with Gasteiger partial charge in [-0.15, -0.1) is 0 Å². The number of carbonyl (C=O) groups is 2. The molecule has 0 unspecified atom stereocenters. The van der Waals surface area contributed by atoms with E-state index >= 15 is 0 Å². The van der Waals surface area contributed by atoms with Crippen LogP contribution in [0.25, 0.3) is 0 Å². The van der Waals surface area contributed by atoms with Crippen LogP contribution in [0.2, 0.25) is 0 Å². The molecule has 0 atom stereocenters. The van der Waals surface area contributed by atoms with E-state index in [9.17, 15) is 9.59 Å². The number of methoxy groups -OCH3 is 1. The fourth-order valence-electron chi connectivity index (χ4n) is 3.23. The summed E-state index contributed by atoms with van der Waals surface area (Å²) in [7, 11) is 1.53. The predicted molar refractivity (Wildman–Crippen MR) is 122 cm³/mol. The molecule has 0 aliphatic heterocycles. The highest BCUT2D eigenvalue weighted by Gasteiger charge is 2.31. The molecule has 2 N–H and O–H groups in total. The van der Waals surface area contributed by atoms with Gasteiger partial charge in [0, 0.05) is 11.5 Å². The number of hydrogen-bond acceptors (Lipinski definition) is 5. The standard InChI is InChI=1S/C24H34N4O4/c1-15(2)11-12-32-20-10-9-17(13-21(20)31-6)22(29)25-26-23(30)19-14-18(16-7-8-16)27-28(19)24(3,4)5/h9-10,13-16H,7-8,11-12H2,1-6H3,(H,25,29)(H,26,30). The zero-order valence-corrected chi connectivity index (χ0v) is 19.8. The summed E-state index contributed by atoms with van der Waals surface area (Å²) in [6, 6.07) is 6.75. The van der Waals surface area contributed by atoms with E-state index in [0.717, 1.165) is 25.0 Å². The Hall–Kier alpha value is -3.03. The summed E-state index contributed by atoms with van der Waals surface area (Å²) >= 11 is 0. The molecule has 1 fully saturated rings. The maximum Gasteiger partial charge on any atom is 0.287 e. The van der Waals surface area contributed by atoms with Crippen molar-refractivity contribution in [2.75, 3.05) is 13.7 Å². The molecule has 0 spiro atoms. The molecule has 2 aromatic rings. The van der Waals surface area contributed by atoms with Gasteiger partial charge in [-0.05, 0) is 70.2 Å². The Balaban J connectivity index is 1.66. The second kappa shape index (κ2) is 9.63. The van der Waals surface area contributed by atoms with Gasteiger partial charge in [0.25, 0.3) is 11.8 Å². The normalized spacial score (nSPS) is 13.7. The van der Waals surface area contributed by atoms with Gasteiger partial charge < -0.3 is 9.47 Å². The minimum atomic E-state index is -0.449. The van der Waals surface area contributed by atoms with Gasteiger partial charge in [0.2, 0.25) is 0 Å². The molecule has 1 aliphatic carbocycles. The number of nitrogens with one attached hydrogen (secondary N) is 2. The first-order valence-electron chi connectivity index (χ1n) is 11.1. The van der Waals surface area contributed by atoms with E-state index in [0.29, 0.717) is 41.2 Å². The van der Waals surface area contributed by atoms with E-state index in [1.54, 1.807) is 22.9 Å². The van der Waals surface area contributed by atoms with Crippen molar-refractivity contribution in [3.05, 3.63) is 41.2 Å². The van der Waals surface area contributed by atoms with Crippen LogP contribution in [0.15, 0.2) is 24.3 Å². The lowest BCUT2D eigenvalue weighted by Gasteiger charge is -2.22. The summed E-state index contributed by atoms with van der Waals surface area (Å²) in [4.78, 5) is 25.4. The molecule has 174 valence electrons. The van der Waals surface area contributed by atoms with E-state index in [1.807, 2.05) is 26.8 Å². The number of ether oxygens (including phenoxy) is 2. The highest BCUT2D eigenvalue weighted by atomic mass is 16.5. The van der Waals surface area contributed by atoms with E-state index in [1.165, 1.54) is 7.11 Å². The van der Waals surface area contributed by atoms with Gasteiger partial charge in [-0.25, -0.2) is 0 Å². The van der Waals surface area contributed by atoms with Crippen molar-refractivity contribution in [2.24, 2.45) is 5.92 Å². The molecule has 1 heterocycles. The lowest BCUT2D eigenvalue weighted by Crippen LogP contribution is -2.43. The summed E-state index contributed by atoms with van der Waals surface area (Å²) < 4.78 is 12.9. The highest BCUT2D eigenvalue weighted by molar-refractivity contribution is 5.98. The summed E-state index contributed by atoms with van der Waals surface area (Å²) in [6.07, 6.45) is 3.11. The lowest BCUT2D eigenvalue weighted by atomic mass is 10.1. The van der Waals surface area contributed by atoms with Gasteiger partial charge in [0.15, 0.2) is 11.5 Å². The quantitative estimate of drug-likeness (QED) is 0.602. The predicted octanol–water partition coefficient (Wildman–Crippen LogP) is 4.02. The Bertz CT molecular complexity index is 971. The second-order valence-electron chi connectivity index (χ2n) is 9.62. The van der Waals surface area contributed by atoms with Crippen LogP contribution in [-0.2, 0) is 5.54 Å². The smallest absolute Gasteiger partial charge is 0.287 e. The third kappa shape index (κ3) is 5.81. The maximum absolute atomic E-state index is 12.8. The Morgan fingerprint density at radius 3 is 2.41 bits per heavy atom. The van der Waals surface area contributed by atoms with Crippen LogP contribution >= 0.6 is 0 Å². The zero-order valence-electron chi connectivity index (χ0n) is 19.8. The van der Waals surface area contributed by atoms with E-state index in [4.69, 9.17) is 9.47 Å². The van der Waals surface area contributed by atoms with Crippen LogP contribution in [0.3, 0.4) is 0 Å². The van der Waals surface area contributed by atoms with E-state index in [2.05, 4.69) is 29.8 Å². The molecule has 0 bridgehead atoms. The van der Waals surface area contributed by atoms with Crippen molar-refractivity contribution in [1.29, 1.82) is 0 Å². The molecular formula is C24H34N4O4. The van der Waals surface area contributed by atoms with Crippen molar-refractivity contribution < 1.29 is 19.1 Å².